The van der Waals surface area contributed by atoms with Crippen LogP contribution < -0.4 is 4.72 Å². The van der Waals surface area contributed by atoms with E-state index in [1.165, 1.54) is 12.1 Å². The van der Waals surface area contributed by atoms with Crippen LogP contribution in [0.15, 0.2) is 27.6 Å². The van der Waals surface area contributed by atoms with Crippen molar-refractivity contribution in [1.29, 1.82) is 0 Å². The first-order chi connectivity index (χ1) is 9.47. The molecule has 0 amide bonds. The molecule has 0 atom stereocenters. The quantitative estimate of drug-likeness (QED) is 0.602. The fraction of sp³-hybridized carbons (Fsp3) is 0.500. The first kappa shape index (κ1) is 18.0. The van der Waals surface area contributed by atoms with Crippen molar-refractivity contribution in [3.8, 4) is 0 Å². The van der Waals surface area contributed by atoms with E-state index in [4.69, 9.17) is 0 Å². The molecule has 1 N–H and O–H groups in total. The molecule has 0 saturated heterocycles. The molecule has 1 rings (SSSR count). The van der Waals surface area contributed by atoms with E-state index in [1.807, 2.05) is 32.8 Å². The number of benzene rings is 1. The van der Waals surface area contributed by atoms with Crippen LogP contribution in [0.4, 0.5) is 5.69 Å². The number of hydrogen-bond acceptors (Lipinski definition) is 5. The van der Waals surface area contributed by atoms with Gasteiger partial charge in [0.15, 0.2) is 4.90 Å². The summed E-state index contributed by atoms with van der Waals surface area (Å²) in [6, 6.07) is 3.82. The number of likely N-dealkylation sites (N-methyl/N-ethyl adjacent to an activating group) is 1. The Morgan fingerprint density at radius 2 is 1.95 bits per heavy atom. The molecule has 0 unspecified atom stereocenters. The van der Waals surface area contributed by atoms with Crippen LogP contribution in [-0.4, -0.2) is 44.4 Å². The predicted octanol–water partition coefficient (Wildman–Crippen LogP) is 1.98. The molecule has 0 fully saturated rings. The zero-order valence-corrected chi connectivity index (χ0v) is 14.7. The SMILES string of the molecule is CN(C)C(C)(C)CNS(=O)(=O)c1cc(Br)ccc1[N+](=O)[O-]. The number of sulfonamides is 1. The molecule has 1 aromatic rings. The van der Waals surface area contributed by atoms with Gasteiger partial charge >= 0.3 is 0 Å². The van der Waals surface area contributed by atoms with Crippen LogP contribution in [0.3, 0.4) is 0 Å². The molecule has 0 radical (unpaired) electrons. The van der Waals surface area contributed by atoms with Gasteiger partial charge < -0.3 is 4.90 Å². The van der Waals surface area contributed by atoms with E-state index in [-0.39, 0.29) is 11.4 Å². The maximum absolute atomic E-state index is 12.3. The van der Waals surface area contributed by atoms with Crippen LogP contribution in [0, 0.1) is 10.1 Å². The van der Waals surface area contributed by atoms with Crippen molar-refractivity contribution in [2.45, 2.75) is 24.3 Å². The molecule has 21 heavy (non-hydrogen) atoms. The molecule has 118 valence electrons. The van der Waals surface area contributed by atoms with Crippen LogP contribution in [-0.2, 0) is 10.0 Å². The molecule has 0 heterocycles. The topological polar surface area (TPSA) is 92.6 Å². The molecule has 0 aliphatic heterocycles. The summed E-state index contributed by atoms with van der Waals surface area (Å²) in [6.07, 6.45) is 0. The average Bonchev–Trinajstić information content (AvgIpc) is 2.36. The Kier molecular flexibility index (Phi) is 5.48. The van der Waals surface area contributed by atoms with E-state index in [9.17, 15) is 18.5 Å². The third-order valence-electron chi connectivity index (χ3n) is 3.31. The maximum Gasteiger partial charge on any atom is 0.289 e. The summed E-state index contributed by atoms with van der Waals surface area (Å²) < 4.78 is 27.5. The lowest BCUT2D eigenvalue weighted by atomic mass is 10.1. The first-order valence-electron chi connectivity index (χ1n) is 6.08. The van der Waals surface area contributed by atoms with E-state index < -0.39 is 26.2 Å². The Morgan fingerprint density at radius 3 is 2.43 bits per heavy atom. The Bertz CT molecular complexity index is 644. The van der Waals surface area contributed by atoms with Gasteiger partial charge in [-0.2, -0.15) is 0 Å². The minimum Gasteiger partial charge on any atom is -0.303 e. The molecular formula is C12H18BrN3O4S. The number of rotatable bonds is 6. The van der Waals surface area contributed by atoms with Crippen LogP contribution in [0.1, 0.15) is 13.8 Å². The number of halogens is 1. The highest BCUT2D eigenvalue weighted by Gasteiger charge is 2.29. The van der Waals surface area contributed by atoms with Crippen molar-refractivity contribution in [3.05, 3.63) is 32.8 Å². The van der Waals surface area contributed by atoms with E-state index >= 15 is 0 Å². The van der Waals surface area contributed by atoms with E-state index in [2.05, 4.69) is 20.7 Å². The fourth-order valence-electron chi connectivity index (χ4n) is 1.36. The lowest BCUT2D eigenvalue weighted by molar-refractivity contribution is -0.387. The van der Waals surface area contributed by atoms with Crippen molar-refractivity contribution in [1.82, 2.24) is 9.62 Å². The number of nitrogens with one attached hydrogen (secondary N) is 1. The van der Waals surface area contributed by atoms with E-state index in [0.717, 1.165) is 6.07 Å². The maximum atomic E-state index is 12.3. The summed E-state index contributed by atoms with van der Waals surface area (Å²) >= 11 is 3.13. The summed E-state index contributed by atoms with van der Waals surface area (Å²) in [5.41, 5.74) is -0.873. The number of nitro benzene ring substituents is 1. The monoisotopic (exact) mass is 379 g/mol. The number of hydrogen-bond donors (Lipinski definition) is 1. The van der Waals surface area contributed by atoms with Gasteiger partial charge in [0, 0.05) is 22.6 Å². The minimum absolute atomic E-state index is 0.131. The third-order valence-corrected chi connectivity index (χ3v) is 5.24. The highest BCUT2D eigenvalue weighted by Crippen LogP contribution is 2.27. The second-order valence-electron chi connectivity index (χ2n) is 5.40. The van der Waals surface area contributed by atoms with Gasteiger partial charge in [-0.25, -0.2) is 13.1 Å². The molecular weight excluding hydrogens is 362 g/mol. The van der Waals surface area contributed by atoms with Gasteiger partial charge in [0.25, 0.3) is 5.69 Å². The van der Waals surface area contributed by atoms with Crippen molar-refractivity contribution < 1.29 is 13.3 Å². The lowest BCUT2D eigenvalue weighted by Gasteiger charge is -2.32. The Hall–Kier alpha value is -1.03. The fourth-order valence-corrected chi connectivity index (χ4v) is 3.27. The second-order valence-corrected chi connectivity index (χ2v) is 8.05. The number of nitro groups is 1. The Morgan fingerprint density at radius 1 is 1.38 bits per heavy atom. The van der Waals surface area contributed by atoms with Gasteiger partial charge in [-0.3, -0.25) is 10.1 Å². The Labute approximate surface area is 132 Å². The highest BCUT2D eigenvalue weighted by molar-refractivity contribution is 9.10. The molecule has 0 saturated carbocycles. The molecule has 0 aliphatic carbocycles. The Balaban J connectivity index is 3.15. The van der Waals surface area contributed by atoms with Gasteiger partial charge in [-0.1, -0.05) is 15.9 Å². The van der Waals surface area contributed by atoms with Crippen LogP contribution in [0.2, 0.25) is 0 Å². The molecule has 9 heteroatoms. The van der Waals surface area contributed by atoms with Gasteiger partial charge in [0.1, 0.15) is 0 Å². The van der Waals surface area contributed by atoms with Crippen molar-refractivity contribution in [2.75, 3.05) is 20.6 Å². The van der Waals surface area contributed by atoms with E-state index in [1.54, 1.807) is 0 Å². The van der Waals surface area contributed by atoms with Crippen molar-refractivity contribution in [2.24, 2.45) is 0 Å². The van der Waals surface area contributed by atoms with Crippen molar-refractivity contribution in [3.63, 3.8) is 0 Å². The largest absolute Gasteiger partial charge is 0.303 e. The molecule has 1 aromatic carbocycles. The predicted molar refractivity (Wildman–Crippen MR) is 83.8 cm³/mol. The molecule has 0 aromatic heterocycles. The summed E-state index contributed by atoms with van der Waals surface area (Å²) in [7, 11) is -0.315. The summed E-state index contributed by atoms with van der Waals surface area (Å²) in [4.78, 5) is 11.8. The van der Waals surface area contributed by atoms with Crippen molar-refractivity contribution >= 4 is 31.6 Å². The molecule has 0 bridgehead atoms. The van der Waals surface area contributed by atoms with Gasteiger partial charge in [0.05, 0.1) is 4.92 Å². The standard InChI is InChI=1S/C12H18BrN3O4S/c1-12(2,15(3)4)8-14-21(19,20)11-7-9(13)5-6-10(11)16(17)18/h5-7,14H,8H2,1-4H3. The minimum atomic E-state index is -3.97. The molecule has 7 nitrogen and oxygen atoms in total. The average molecular weight is 380 g/mol. The zero-order chi connectivity index (χ0) is 16.4. The first-order valence-corrected chi connectivity index (χ1v) is 8.36. The van der Waals surface area contributed by atoms with Crippen LogP contribution >= 0.6 is 15.9 Å². The van der Waals surface area contributed by atoms with Crippen LogP contribution in [0.5, 0.6) is 0 Å². The van der Waals surface area contributed by atoms with Crippen LogP contribution in [0.25, 0.3) is 0 Å². The third kappa shape index (κ3) is 4.47. The summed E-state index contributed by atoms with van der Waals surface area (Å²) in [6.45, 7) is 3.86. The number of nitrogens with zero attached hydrogens (tertiary/aromatic N) is 2. The van der Waals surface area contributed by atoms with Gasteiger partial charge in [0.2, 0.25) is 10.0 Å². The second kappa shape index (κ2) is 6.39. The lowest BCUT2D eigenvalue weighted by Crippen LogP contribution is -2.48. The highest BCUT2D eigenvalue weighted by atomic mass is 79.9. The molecule has 0 spiro atoms. The smallest absolute Gasteiger partial charge is 0.289 e. The normalized spacial score (nSPS) is 12.7. The van der Waals surface area contributed by atoms with Gasteiger partial charge in [-0.05, 0) is 40.1 Å². The van der Waals surface area contributed by atoms with E-state index in [0.29, 0.717) is 4.47 Å². The summed E-state index contributed by atoms with van der Waals surface area (Å²) in [5.74, 6) is 0. The molecule has 0 aliphatic rings. The van der Waals surface area contributed by atoms with Gasteiger partial charge in [-0.15, -0.1) is 0 Å². The zero-order valence-electron chi connectivity index (χ0n) is 12.3. The summed E-state index contributed by atoms with van der Waals surface area (Å²) in [5, 5.41) is 11.0.